The maximum atomic E-state index is 11.9. The van der Waals surface area contributed by atoms with Gasteiger partial charge in [0.2, 0.25) is 5.91 Å². The number of aliphatic imine (C=N–C) groups is 1. The number of amides is 1. The summed E-state index contributed by atoms with van der Waals surface area (Å²) in [5, 5.41) is 3.54. The Bertz CT molecular complexity index is 448. The number of rotatable bonds is 4. The molecule has 1 aliphatic heterocycles. The van der Waals surface area contributed by atoms with E-state index in [1.54, 1.807) is 19.0 Å². The first-order valence-corrected chi connectivity index (χ1v) is 9.14. The van der Waals surface area contributed by atoms with Crippen LogP contribution >= 0.6 is 24.0 Å². The number of hydrogen-bond donors (Lipinski definition) is 1. The van der Waals surface area contributed by atoms with Gasteiger partial charge in [0.05, 0.1) is 0 Å². The third-order valence-electron chi connectivity index (χ3n) is 5.88. The van der Waals surface area contributed by atoms with Gasteiger partial charge in [0, 0.05) is 33.2 Å². The number of carbonyl (C=O) groups excluding carboxylic acids is 1. The van der Waals surface area contributed by atoms with Gasteiger partial charge in [-0.15, -0.1) is 24.0 Å². The van der Waals surface area contributed by atoms with Gasteiger partial charge >= 0.3 is 0 Å². The highest BCUT2D eigenvalue weighted by molar-refractivity contribution is 14.0. The maximum Gasteiger partial charge on any atom is 0.243 e. The molecule has 6 heteroatoms. The quantitative estimate of drug-likeness (QED) is 0.407. The third kappa shape index (κ3) is 4.99. The molecule has 24 heavy (non-hydrogen) atoms. The van der Waals surface area contributed by atoms with Crippen molar-refractivity contribution >= 4 is 35.8 Å². The molecule has 140 valence electrons. The van der Waals surface area contributed by atoms with E-state index in [1.165, 1.54) is 25.7 Å². The predicted octanol–water partition coefficient (Wildman–Crippen LogP) is 2.95. The summed E-state index contributed by atoms with van der Waals surface area (Å²) in [5.74, 6) is 1.78. The first kappa shape index (κ1) is 21.5. The molecule has 1 saturated carbocycles. The van der Waals surface area contributed by atoms with Crippen molar-refractivity contribution in [2.24, 2.45) is 16.3 Å². The molecule has 1 spiro atoms. The molecular weight excluding hydrogens is 415 g/mol. The number of guanidine groups is 1. The maximum absolute atomic E-state index is 11.9. The van der Waals surface area contributed by atoms with E-state index < -0.39 is 0 Å². The summed E-state index contributed by atoms with van der Waals surface area (Å²) < 4.78 is 0. The van der Waals surface area contributed by atoms with Crippen LogP contribution < -0.4 is 5.32 Å². The van der Waals surface area contributed by atoms with Gasteiger partial charge in [0.25, 0.3) is 0 Å². The molecule has 2 atom stereocenters. The Balaban J connectivity index is 0.00000288. The van der Waals surface area contributed by atoms with E-state index in [-0.39, 0.29) is 36.4 Å². The number of halogens is 1. The van der Waals surface area contributed by atoms with Crippen LogP contribution in [0.4, 0.5) is 0 Å². The van der Waals surface area contributed by atoms with Crippen LogP contribution in [0.25, 0.3) is 0 Å². The highest BCUT2D eigenvalue weighted by Crippen LogP contribution is 2.50. The summed E-state index contributed by atoms with van der Waals surface area (Å²) in [6.07, 6.45) is 6.33. The minimum Gasteiger partial charge on any atom is -0.354 e. The normalized spacial score (nSPS) is 24.0. The van der Waals surface area contributed by atoms with Crippen molar-refractivity contribution in [2.75, 3.05) is 33.7 Å². The number of carbonyl (C=O) groups is 1. The lowest BCUT2D eigenvalue weighted by Crippen LogP contribution is -2.57. The largest absolute Gasteiger partial charge is 0.354 e. The number of likely N-dealkylation sites (tertiary alicyclic amines) is 1. The SMILES string of the molecule is CCC(C)NC(=NCC(=O)N(C)C)N1CCC(C)C2(CCC2)C1.I. The topological polar surface area (TPSA) is 47.9 Å². The van der Waals surface area contributed by atoms with E-state index in [1.807, 2.05) is 0 Å². The Labute approximate surface area is 164 Å². The Morgan fingerprint density at radius 2 is 2.08 bits per heavy atom. The summed E-state index contributed by atoms with van der Waals surface area (Å²) in [6, 6.07) is 0.375. The Morgan fingerprint density at radius 1 is 1.42 bits per heavy atom. The second-order valence-electron chi connectivity index (χ2n) is 7.71. The van der Waals surface area contributed by atoms with E-state index in [2.05, 4.69) is 36.0 Å². The number of nitrogens with zero attached hydrogens (tertiary/aromatic N) is 3. The third-order valence-corrected chi connectivity index (χ3v) is 5.88. The standard InChI is InChI=1S/C18H34N4O.HI/c1-6-15(3)20-17(19-12-16(23)21(4)5)22-11-8-14(2)18(13-22)9-7-10-18;/h14-15H,6-13H2,1-5H3,(H,19,20);1H. The van der Waals surface area contributed by atoms with Gasteiger partial charge in [0.1, 0.15) is 6.54 Å². The zero-order valence-electron chi connectivity index (χ0n) is 16.0. The molecule has 2 fully saturated rings. The molecule has 0 aromatic carbocycles. The number of nitrogens with one attached hydrogen (secondary N) is 1. The van der Waals surface area contributed by atoms with Crippen molar-refractivity contribution in [1.82, 2.24) is 15.1 Å². The minimum absolute atomic E-state index is 0. The van der Waals surface area contributed by atoms with E-state index in [0.717, 1.165) is 31.4 Å². The van der Waals surface area contributed by atoms with Crippen LogP contribution in [0.3, 0.4) is 0 Å². The Kier molecular flexibility index (Phi) is 8.29. The van der Waals surface area contributed by atoms with Gasteiger partial charge in [-0.25, -0.2) is 4.99 Å². The molecule has 1 N–H and O–H groups in total. The number of likely N-dealkylation sites (N-methyl/N-ethyl adjacent to an activating group) is 1. The van der Waals surface area contributed by atoms with Crippen LogP contribution in [0.15, 0.2) is 4.99 Å². The lowest BCUT2D eigenvalue weighted by atomic mass is 9.59. The molecule has 1 aliphatic carbocycles. The van der Waals surface area contributed by atoms with Gasteiger partial charge in [-0.2, -0.15) is 0 Å². The number of piperidine rings is 1. The molecule has 0 aromatic rings. The highest BCUT2D eigenvalue weighted by atomic mass is 127. The monoisotopic (exact) mass is 450 g/mol. The fourth-order valence-electron chi connectivity index (χ4n) is 3.58. The molecule has 1 heterocycles. The molecule has 0 radical (unpaired) electrons. The van der Waals surface area contributed by atoms with Crippen LogP contribution in [0, 0.1) is 11.3 Å². The van der Waals surface area contributed by atoms with E-state index >= 15 is 0 Å². The van der Waals surface area contributed by atoms with Crippen LogP contribution in [-0.4, -0.2) is 61.4 Å². The summed E-state index contributed by atoms with van der Waals surface area (Å²) in [6.45, 7) is 9.12. The van der Waals surface area contributed by atoms with Crippen molar-refractivity contribution in [2.45, 2.75) is 58.9 Å². The zero-order chi connectivity index (χ0) is 17.0. The molecule has 2 rings (SSSR count). The molecular formula is C18H35IN4O. The molecule has 5 nitrogen and oxygen atoms in total. The summed E-state index contributed by atoms with van der Waals surface area (Å²) >= 11 is 0. The molecule has 0 bridgehead atoms. The molecule has 1 saturated heterocycles. The summed E-state index contributed by atoms with van der Waals surface area (Å²) in [5.41, 5.74) is 0.488. The fraction of sp³-hybridized carbons (Fsp3) is 0.889. The highest BCUT2D eigenvalue weighted by Gasteiger charge is 2.46. The smallest absolute Gasteiger partial charge is 0.243 e. The van der Waals surface area contributed by atoms with Gasteiger partial charge in [-0.3, -0.25) is 4.79 Å². The first-order chi connectivity index (χ1) is 10.9. The van der Waals surface area contributed by atoms with Crippen molar-refractivity contribution in [3.05, 3.63) is 0 Å². The predicted molar refractivity (Wildman–Crippen MR) is 111 cm³/mol. The van der Waals surface area contributed by atoms with Crippen LogP contribution in [0.5, 0.6) is 0 Å². The van der Waals surface area contributed by atoms with E-state index in [9.17, 15) is 4.79 Å². The van der Waals surface area contributed by atoms with Crippen molar-refractivity contribution in [3.8, 4) is 0 Å². The molecule has 2 unspecified atom stereocenters. The Morgan fingerprint density at radius 3 is 2.58 bits per heavy atom. The average Bonchev–Trinajstić information content (AvgIpc) is 2.49. The Hall–Kier alpha value is -0.530. The fourth-order valence-corrected chi connectivity index (χ4v) is 3.58. The molecule has 2 aliphatic rings. The zero-order valence-corrected chi connectivity index (χ0v) is 18.3. The van der Waals surface area contributed by atoms with Gasteiger partial charge in [-0.05, 0) is 43.9 Å². The van der Waals surface area contributed by atoms with E-state index in [0.29, 0.717) is 11.5 Å². The molecule has 0 aromatic heterocycles. The van der Waals surface area contributed by atoms with Gasteiger partial charge < -0.3 is 15.1 Å². The minimum atomic E-state index is 0. The lowest BCUT2D eigenvalue weighted by Gasteiger charge is -2.53. The summed E-state index contributed by atoms with van der Waals surface area (Å²) in [7, 11) is 3.57. The second-order valence-corrected chi connectivity index (χ2v) is 7.71. The van der Waals surface area contributed by atoms with Gasteiger partial charge in [0.15, 0.2) is 5.96 Å². The first-order valence-electron chi connectivity index (χ1n) is 9.14. The van der Waals surface area contributed by atoms with Crippen molar-refractivity contribution < 1.29 is 4.79 Å². The van der Waals surface area contributed by atoms with Crippen LogP contribution in [0.2, 0.25) is 0 Å². The second kappa shape index (κ2) is 9.25. The van der Waals surface area contributed by atoms with Crippen molar-refractivity contribution in [3.63, 3.8) is 0 Å². The van der Waals surface area contributed by atoms with Crippen LogP contribution in [0.1, 0.15) is 52.9 Å². The van der Waals surface area contributed by atoms with E-state index in [4.69, 9.17) is 0 Å². The van der Waals surface area contributed by atoms with Gasteiger partial charge in [-0.1, -0.05) is 20.3 Å². The van der Waals surface area contributed by atoms with Crippen molar-refractivity contribution in [1.29, 1.82) is 0 Å². The average molecular weight is 450 g/mol. The molecule has 1 amide bonds. The lowest BCUT2D eigenvalue weighted by molar-refractivity contribution is -0.127. The van der Waals surface area contributed by atoms with Crippen LogP contribution in [-0.2, 0) is 4.79 Å². The summed E-state index contributed by atoms with van der Waals surface area (Å²) in [4.78, 5) is 20.6. The number of hydrogen-bond acceptors (Lipinski definition) is 2.